The highest BCUT2D eigenvalue weighted by atomic mass is 16.4. The van der Waals surface area contributed by atoms with Crippen LogP contribution in [0.2, 0.25) is 0 Å². The maximum atomic E-state index is 10.2. The predicted molar refractivity (Wildman–Crippen MR) is 55.3 cm³/mol. The molecule has 0 saturated carbocycles. The van der Waals surface area contributed by atoms with Crippen LogP contribution in [0.5, 0.6) is 0 Å². The molecule has 84 valence electrons. The van der Waals surface area contributed by atoms with Crippen molar-refractivity contribution in [3.63, 3.8) is 0 Å². The molecule has 0 heterocycles. The molecular formula is C10H21NO3. The third kappa shape index (κ3) is 5.94. The van der Waals surface area contributed by atoms with E-state index in [1.54, 1.807) is 0 Å². The van der Waals surface area contributed by atoms with Gasteiger partial charge in [0.2, 0.25) is 0 Å². The summed E-state index contributed by atoms with van der Waals surface area (Å²) in [4.78, 5) is 10.2. The van der Waals surface area contributed by atoms with Gasteiger partial charge in [-0.3, -0.25) is 4.79 Å². The minimum absolute atomic E-state index is 0.114. The molecule has 0 radical (unpaired) electrons. The minimum Gasteiger partial charge on any atom is -0.481 e. The third-order valence-electron chi connectivity index (χ3n) is 2.50. The number of unbranched alkanes of at least 4 members (excludes halogenated alkanes) is 1. The quantitative estimate of drug-likeness (QED) is 0.515. The number of carbonyl (C=O) groups is 1. The molecule has 3 N–H and O–H groups in total. The molecule has 0 spiro atoms. The smallest absolute Gasteiger partial charge is 0.303 e. The van der Waals surface area contributed by atoms with Gasteiger partial charge in [0.15, 0.2) is 0 Å². The summed E-state index contributed by atoms with van der Waals surface area (Å²) in [6, 6.07) is 0. The van der Waals surface area contributed by atoms with E-state index in [0.717, 1.165) is 19.4 Å². The largest absolute Gasteiger partial charge is 0.481 e. The van der Waals surface area contributed by atoms with E-state index in [-0.39, 0.29) is 18.6 Å². The molecule has 4 heteroatoms. The summed E-state index contributed by atoms with van der Waals surface area (Å²) in [5.74, 6) is -0.745. The standard InChI is InChI=1S/C10H21NO3/c1-3-10(2,8-12)11-7-5-4-6-9(13)14/h11-12H,3-8H2,1-2H3,(H,13,14). The van der Waals surface area contributed by atoms with Crippen LogP contribution in [0, 0.1) is 0 Å². The molecule has 0 aliphatic rings. The van der Waals surface area contributed by atoms with E-state index < -0.39 is 5.97 Å². The average Bonchev–Trinajstić information content (AvgIpc) is 2.16. The normalized spacial score (nSPS) is 15.1. The Morgan fingerprint density at radius 2 is 2.07 bits per heavy atom. The maximum absolute atomic E-state index is 10.2. The van der Waals surface area contributed by atoms with Crippen molar-refractivity contribution in [1.29, 1.82) is 0 Å². The molecular weight excluding hydrogens is 182 g/mol. The van der Waals surface area contributed by atoms with Crippen molar-refractivity contribution >= 4 is 5.97 Å². The molecule has 0 amide bonds. The fourth-order valence-electron chi connectivity index (χ4n) is 1.08. The number of aliphatic hydroxyl groups is 1. The molecule has 0 bridgehead atoms. The van der Waals surface area contributed by atoms with Crippen LogP contribution >= 0.6 is 0 Å². The monoisotopic (exact) mass is 203 g/mol. The van der Waals surface area contributed by atoms with Gasteiger partial charge < -0.3 is 15.5 Å². The van der Waals surface area contributed by atoms with Crippen LogP contribution in [0.15, 0.2) is 0 Å². The fourth-order valence-corrected chi connectivity index (χ4v) is 1.08. The average molecular weight is 203 g/mol. The summed E-state index contributed by atoms with van der Waals surface area (Å²) in [5.41, 5.74) is -0.219. The molecule has 0 aliphatic carbocycles. The topological polar surface area (TPSA) is 69.6 Å². The molecule has 0 rings (SSSR count). The molecule has 4 nitrogen and oxygen atoms in total. The van der Waals surface area contributed by atoms with E-state index in [1.807, 2.05) is 13.8 Å². The first-order valence-electron chi connectivity index (χ1n) is 5.12. The second kappa shape index (κ2) is 6.79. The molecule has 0 aromatic carbocycles. The van der Waals surface area contributed by atoms with Crippen molar-refractivity contribution in [2.45, 2.75) is 45.1 Å². The van der Waals surface area contributed by atoms with E-state index in [1.165, 1.54) is 0 Å². The molecule has 0 aromatic heterocycles. The van der Waals surface area contributed by atoms with Crippen molar-refractivity contribution in [3.05, 3.63) is 0 Å². The van der Waals surface area contributed by atoms with E-state index >= 15 is 0 Å². The van der Waals surface area contributed by atoms with Gasteiger partial charge in [0.1, 0.15) is 0 Å². The summed E-state index contributed by atoms with van der Waals surface area (Å²) < 4.78 is 0. The van der Waals surface area contributed by atoms with Gasteiger partial charge in [-0.2, -0.15) is 0 Å². The third-order valence-corrected chi connectivity index (χ3v) is 2.50. The number of rotatable bonds is 8. The van der Waals surface area contributed by atoms with Crippen molar-refractivity contribution in [1.82, 2.24) is 5.32 Å². The lowest BCUT2D eigenvalue weighted by molar-refractivity contribution is -0.137. The van der Waals surface area contributed by atoms with Gasteiger partial charge in [-0.05, 0) is 32.7 Å². The van der Waals surface area contributed by atoms with Gasteiger partial charge in [0, 0.05) is 12.0 Å². The van der Waals surface area contributed by atoms with Gasteiger partial charge in [-0.1, -0.05) is 6.92 Å². The molecule has 0 saturated heterocycles. The maximum Gasteiger partial charge on any atom is 0.303 e. The van der Waals surface area contributed by atoms with Crippen LogP contribution in [0.1, 0.15) is 39.5 Å². The lowest BCUT2D eigenvalue weighted by Crippen LogP contribution is -2.45. The van der Waals surface area contributed by atoms with Gasteiger partial charge >= 0.3 is 5.97 Å². The van der Waals surface area contributed by atoms with Crippen molar-refractivity contribution in [3.8, 4) is 0 Å². The first-order chi connectivity index (χ1) is 6.54. The number of carboxylic acid groups (broad SMARTS) is 1. The molecule has 0 aliphatic heterocycles. The van der Waals surface area contributed by atoms with E-state index in [2.05, 4.69) is 5.32 Å². The van der Waals surface area contributed by atoms with Crippen molar-refractivity contribution < 1.29 is 15.0 Å². The highest BCUT2D eigenvalue weighted by Gasteiger charge is 2.18. The Balaban J connectivity index is 3.47. The van der Waals surface area contributed by atoms with Crippen LogP contribution in [0.4, 0.5) is 0 Å². The summed E-state index contributed by atoms with van der Waals surface area (Å²) in [6.45, 7) is 4.85. The highest BCUT2D eigenvalue weighted by molar-refractivity contribution is 5.66. The number of hydrogen-bond donors (Lipinski definition) is 3. The Hall–Kier alpha value is -0.610. The zero-order valence-corrected chi connectivity index (χ0v) is 9.05. The Kier molecular flexibility index (Phi) is 6.49. The molecule has 1 atom stereocenters. The van der Waals surface area contributed by atoms with Crippen LogP contribution in [-0.4, -0.2) is 34.9 Å². The van der Waals surface area contributed by atoms with Gasteiger partial charge in [-0.15, -0.1) is 0 Å². The second-order valence-corrected chi connectivity index (χ2v) is 3.85. The summed E-state index contributed by atoms with van der Waals surface area (Å²) in [7, 11) is 0. The predicted octanol–water partition coefficient (Wildman–Crippen LogP) is 0.992. The molecule has 14 heavy (non-hydrogen) atoms. The van der Waals surface area contributed by atoms with Crippen LogP contribution in [0.3, 0.4) is 0 Å². The number of aliphatic carboxylic acids is 1. The lowest BCUT2D eigenvalue weighted by Gasteiger charge is -2.27. The van der Waals surface area contributed by atoms with Crippen molar-refractivity contribution in [2.24, 2.45) is 0 Å². The minimum atomic E-state index is -0.745. The van der Waals surface area contributed by atoms with Crippen LogP contribution in [-0.2, 0) is 4.79 Å². The Labute approximate surface area is 85.3 Å². The van der Waals surface area contributed by atoms with E-state index in [4.69, 9.17) is 10.2 Å². The molecule has 1 unspecified atom stereocenters. The lowest BCUT2D eigenvalue weighted by atomic mass is 10.00. The molecule has 0 aromatic rings. The SMILES string of the molecule is CCC(C)(CO)NCCCCC(=O)O. The second-order valence-electron chi connectivity index (χ2n) is 3.85. The first kappa shape index (κ1) is 13.4. The number of carboxylic acids is 1. The summed E-state index contributed by atoms with van der Waals surface area (Å²) in [5, 5.41) is 20.7. The zero-order chi connectivity index (χ0) is 11.0. The summed E-state index contributed by atoms with van der Waals surface area (Å²) in [6.07, 6.45) is 2.61. The fraction of sp³-hybridized carbons (Fsp3) is 0.900. The Morgan fingerprint density at radius 1 is 1.43 bits per heavy atom. The van der Waals surface area contributed by atoms with Crippen LogP contribution in [0.25, 0.3) is 0 Å². The van der Waals surface area contributed by atoms with Crippen LogP contribution < -0.4 is 5.32 Å². The van der Waals surface area contributed by atoms with E-state index in [0.29, 0.717) is 6.42 Å². The first-order valence-corrected chi connectivity index (χ1v) is 5.12. The van der Waals surface area contributed by atoms with Gasteiger partial charge in [0.05, 0.1) is 6.61 Å². The van der Waals surface area contributed by atoms with Gasteiger partial charge in [0.25, 0.3) is 0 Å². The zero-order valence-electron chi connectivity index (χ0n) is 9.05. The highest BCUT2D eigenvalue weighted by Crippen LogP contribution is 2.07. The number of aliphatic hydroxyl groups excluding tert-OH is 1. The van der Waals surface area contributed by atoms with Crippen molar-refractivity contribution in [2.75, 3.05) is 13.2 Å². The molecule has 0 fully saturated rings. The Morgan fingerprint density at radius 3 is 2.50 bits per heavy atom. The number of nitrogens with one attached hydrogen (secondary N) is 1. The van der Waals surface area contributed by atoms with E-state index in [9.17, 15) is 4.79 Å². The van der Waals surface area contributed by atoms with Gasteiger partial charge in [-0.25, -0.2) is 0 Å². The Bertz CT molecular complexity index is 167. The number of hydrogen-bond acceptors (Lipinski definition) is 3. The summed E-state index contributed by atoms with van der Waals surface area (Å²) >= 11 is 0.